The van der Waals surface area contributed by atoms with Crippen LogP contribution in [0.15, 0.2) is 12.2 Å². The van der Waals surface area contributed by atoms with Crippen molar-refractivity contribution in [3.8, 4) is 0 Å². The van der Waals surface area contributed by atoms with Crippen LogP contribution in [0, 0.1) is 0 Å². The van der Waals surface area contributed by atoms with Crippen molar-refractivity contribution in [1.82, 2.24) is 0 Å². The lowest BCUT2D eigenvalue weighted by atomic mass is 10.1. The summed E-state index contributed by atoms with van der Waals surface area (Å²) in [7, 11) is 0. The van der Waals surface area contributed by atoms with E-state index in [2.05, 4.69) is 19.1 Å². The molecule has 0 aliphatic carbocycles. The second kappa shape index (κ2) is 14.7. The van der Waals surface area contributed by atoms with Gasteiger partial charge < -0.3 is 24.8 Å². The molecule has 3 N–H and O–H groups in total. The summed E-state index contributed by atoms with van der Waals surface area (Å²) >= 11 is 0. The molecule has 1 saturated heterocycles. The first-order valence-electron chi connectivity index (χ1n) is 10.1. The van der Waals surface area contributed by atoms with Crippen LogP contribution < -0.4 is 0 Å². The van der Waals surface area contributed by atoms with Gasteiger partial charge in [-0.2, -0.15) is 0 Å². The molecule has 148 valence electrons. The molecule has 1 aliphatic heterocycles. The number of aliphatic hydroxyl groups excluding tert-OH is 3. The van der Waals surface area contributed by atoms with Crippen molar-refractivity contribution < 1.29 is 24.8 Å². The van der Waals surface area contributed by atoms with E-state index >= 15 is 0 Å². The maximum absolute atomic E-state index is 10.0. The second-order valence-electron chi connectivity index (χ2n) is 6.97. The second-order valence-corrected chi connectivity index (χ2v) is 6.97. The lowest BCUT2D eigenvalue weighted by Gasteiger charge is -2.20. The Morgan fingerprint density at radius 2 is 1.68 bits per heavy atom. The first-order valence-corrected chi connectivity index (χ1v) is 10.1. The molecule has 0 unspecified atom stereocenters. The number of hydrogen-bond acceptors (Lipinski definition) is 5. The number of hydrogen-bond donors (Lipinski definition) is 3. The highest BCUT2D eigenvalue weighted by molar-refractivity contribution is 4.88. The van der Waals surface area contributed by atoms with E-state index in [1.165, 1.54) is 51.4 Å². The summed E-state index contributed by atoms with van der Waals surface area (Å²) in [6.07, 6.45) is 13.7. The minimum atomic E-state index is -1.05. The number of rotatable bonds is 15. The van der Waals surface area contributed by atoms with Crippen molar-refractivity contribution in [2.24, 2.45) is 0 Å². The molecule has 5 nitrogen and oxygen atoms in total. The zero-order valence-corrected chi connectivity index (χ0v) is 15.8. The fourth-order valence-corrected chi connectivity index (χ4v) is 3.09. The van der Waals surface area contributed by atoms with E-state index < -0.39 is 31.0 Å². The SMILES string of the molecule is CCC/C=C/CCCCCCCCCO[C@H]1CO[C@H]([C@H](O)CO)[C@@H]1O. The van der Waals surface area contributed by atoms with Gasteiger partial charge in [-0.05, 0) is 25.7 Å². The van der Waals surface area contributed by atoms with Crippen molar-refractivity contribution in [1.29, 1.82) is 0 Å². The van der Waals surface area contributed by atoms with Crippen LogP contribution in [0.2, 0.25) is 0 Å². The molecule has 4 atom stereocenters. The average molecular weight is 359 g/mol. The minimum Gasteiger partial charge on any atom is -0.394 e. The maximum atomic E-state index is 10.0. The molecule has 0 spiro atoms. The smallest absolute Gasteiger partial charge is 0.114 e. The highest BCUT2D eigenvalue weighted by Gasteiger charge is 2.40. The van der Waals surface area contributed by atoms with Crippen molar-refractivity contribution >= 4 is 0 Å². The fraction of sp³-hybridized carbons (Fsp3) is 0.900. The topological polar surface area (TPSA) is 79.2 Å². The molecule has 0 aromatic rings. The van der Waals surface area contributed by atoms with Crippen LogP contribution in [-0.2, 0) is 9.47 Å². The van der Waals surface area contributed by atoms with E-state index in [0.29, 0.717) is 6.61 Å². The Hall–Kier alpha value is -0.460. The monoisotopic (exact) mass is 358 g/mol. The molecule has 0 bridgehead atoms. The summed E-state index contributed by atoms with van der Waals surface area (Å²) in [6, 6.07) is 0. The van der Waals surface area contributed by atoms with Gasteiger partial charge in [0, 0.05) is 6.61 Å². The Morgan fingerprint density at radius 1 is 1.04 bits per heavy atom. The number of ether oxygens (including phenoxy) is 2. The van der Waals surface area contributed by atoms with Crippen LogP contribution in [0.1, 0.15) is 71.1 Å². The third kappa shape index (κ3) is 9.71. The van der Waals surface area contributed by atoms with E-state index in [9.17, 15) is 10.2 Å². The largest absolute Gasteiger partial charge is 0.394 e. The van der Waals surface area contributed by atoms with Crippen LogP contribution in [-0.4, -0.2) is 59.6 Å². The van der Waals surface area contributed by atoms with Crippen LogP contribution in [0.5, 0.6) is 0 Å². The summed E-state index contributed by atoms with van der Waals surface area (Å²) in [4.78, 5) is 0. The molecule has 1 heterocycles. The summed E-state index contributed by atoms with van der Waals surface area (Å²) in [5.74, 6) is 0. The number of unbranched alkanes of at least 4 members (excludes halogenated alkanes) is 8. The van der Waals surface area contributed by atoms with Gasteiger partial charge in [-0.25, -0.2) is 0 Å². The van der Waals surface area contributed by atoms with Gasteiger partial charge in [0.15, 0.2) is 0 Å². The molecule has 0 aromatic heterocycles. The van der Waals surface area contributed by atoms with Gasteiger partial charge in [0.05, 0.1) is 13.2 Å². The zero-order valence-electron chi connectivity index (χ0n) is 15.8. The molecular formula is C20H38O5. The lowest BCUT2D eigenvalue weighted by Crippen LogP contribution is -2.41. The average Bonchev–Trinajstić information content (AvgIpc) is 2.99. The summed E-state index contributed by atoms with van der Waals surface area (Å²) in [5, 5.41) is 28.5. The van der Waals surface area contributed by atoms with Crippen LogP contribution in [0.3, 0.4) is 0 Å². The van der Waals surface area contributed by atoms with Gasteiger partial charge in [-0.3, -0.25) is 0 Å². The summed E-state index contributed by atoms with van der Waals surface area (Å²) in [6.45, 7) is 2.67. The fourth-order valence-electron chi connectivity index (χ4n) is 3.09. The molecule has 1 aliphatic rings. The van der Waals surface area contributed by atoms with Crippen molar-refractivity contribution in [2.75, 3.05) is 19.8 Å². The van der Waals surface area contributed by atoms with Gasteiger partial charge in [-0.15, -0.1) is 0 Å². The molecule has 1 rings (SSSR count). The number of aliphatic hydroxyl groups is 3. The quantitative estimate of drug-likeness (QED) is 0.310. The molecule has 0 radical (unpaired) electrons. The molecular weight excluding hydrogens is 320 g/mol. The molecule has 5 heteroatoms. The van der Waals surface area contributed by atoms with Gasteiger partial charge in [0.2, 0.25) is 0 Å². The molecule has 1 fully saturated rings. The third-order valence-corrected chi connectivity index (χ3v) is 4.71. The highest BCUT2D eigenvalue weighted by Crippen LogP contribution is 2.20. The molecule has 0 saturated carbocycles. The first kappa shape index (κ1) is 22.6. The Morgan fingerprint density at radius 3 is 2.36 bits per heavy atom. The van der Waals surface area contributed by atoms with Gasteiger partial charge in [0.1, 0.15) is 24.4 Å². The lowest BCUT2D eigenvalue weighted by molar-refractivity contribution is -0.0730. The Balaban J connectivity index is 1.89. The highest BCUT2D eigenvalue weighted by atomic mass is 16.6. The summed E-state index contributed by atoms with van der Waals surface area (Å²) < 4.78 is 11.0. The van der Waals surface area contributed by atoms with Crippen molar-refractivity contribution in [3.63, 3.8) is 0 Å². The molecule has 25 heavy (non-hydrogen) atoms. The van der Waals surface area contributed by atoms with Crippen LogP contribution in [0.25, 0.3) is 0 Å². The molecule has 0 amide bonds. The van der Waals surface area contributed by atoms with Crippen molar-refractivity contribution in [3.05, 3.63) is 12.2 Å². The Labute approximate surface area is 153 Å². The first-order chi connectivity index (χ1) is 12.2. The minimum absolute atomic E-state index is 0.273. The van der Waals surface area contributed by atoms with Crippen molar-refractivity contribution in [2.45, 2.75) is 95.5 Å². The van der Waals surface area contributed by atoms with E-state index in [4.69, 9.17) is 14.6 Å². The van der Waals surface area contributed by atoms with Crippen LogP contribution >= 0.6 is 0 Å². The zero-order chi connectivity index (χ0) is 18.3. The summed E-state index contributed by atoms with van der Waals surface area (Å²) in [5.41, 5.74) is 0. The van der Waals surface area contributed by atoms with Crippen LogP contribution in [0.4, 0.5) is 0 Å². The Kier molecular flexibility index (Phi) is 13.3. The van der Waals surface area contributed by atoms with Gasteiger partial charge in [-0.1, -0.05) is 57.6 Å². The van der Waals surface area contributed by atoms with E-state index in [-0.39, 0.29) is 6.61 Å². The van der Waals surface area contributed by atoms with E-state index in [1.807, 2.05) is 0 Å². The predicted octanol–water partition coefficient (Wildman–Crippen LogP) is 2.96. The number of allylic oxidation sites excluding steroid dienone is 2. The predicted molar refractivity (Wildman–Crippen MR) is 99.6 cm³/mol. The molecule has 0 aromatic carbocycles. The van der Waals surface area contributed by atoms with Gasteiger partial charge in [0.25, 0.3) is 0 Å². The van der Waals surface area contributed by atoms with E-state index in [1.54, 1.807) is 0 Å². The Bertz CT molecular complexity index is 334. The third-order valence-electron chi connectivity index (χ3n) is 4.71. The van der Waals surface area contributed by atoms with Gasteiger partial charge >= 0.3 is 0 Å². The normalized spacial score (nSPS) is 25.0. The van der Waals surface area contributed by atoms with E-state index in [0.717, 1.165) is 12.8 Å². The standard InChI is InChI=1S/C20H38O5/c1-2-3-4-5-6-7-8-9-10-11-12-13-14-24-18-16-25-20(19(18)23)17(22)15-21/h4-5,17-23H,2-3,6-16H2,1H3/b5-4+/t17-,18+,19-,20-/m1/s1. The maximum Gasteiger partial charge on any atom is 0.114 e.